The first kappa shape index (κ1) is 56.4. The fourth-order valence-electron chi connectivity index (χ4n) is 12.5. The molecule has 2 unspecified atom stereocenters. The van der Waals surface area contributed by atoms with Crippen LogP contribution in [0.4, 0.5) is 52.7 Å². The standard InChI is InChI=1S/2C24H23F6.C12H9Si.2ClH.Zr/c2*1-3-5-7-15-10-17-9-8-16(6-4-2)22(21(17)11-15)18-12-19(23(25,26)27)14-20(13-18)24(28,29)30;1-3-7-11-9(5-1)10-6-2-4-8-12(10)13-11;;;/h2*8-14H,3-7H2,1-2H3;1-7H,13H2;2*1H;/q;;;;;+2/p-2. The zero-order chi connectivity index (χ0) is 54.9. The number of aryl methyl sites for hydroxylation is 2. The maximum absolute atomic E-state index is 14.7. The first-order valence-electron chi connectivity index (χ1n) is 25.8. The SMILES string of the molecule is CCCCC1=Cc2c(ccc(CCC)c2-c2cc(C(F)(F)F)cc(C(F)(F)F)c2)[CH]1[Zr]([Cl])([Cl])([c]1cccc2c1[SiH2]c1ccccc1-2)[CH]1C(CCCC)=Cc2c1ccc(CCC)c2-c1cc(C(F)(F)F)cc(C(F)(F)F)c1. The summed E-state index contributed by atoms with van der Waals surface area (Å²) in [6.07, 6.45) is -11.7. The molecule has 401 valence electrons. The van der Waals surface area contributed by atoms with E-state index in [1.807, 2.05) is 88.4 Å². The molecule has 1 heterocycles. The van der Waals surface area contributed by atoms with Gasteiger partial charge in [-0.25, -0.2) is 0 Å². The van der Waals surface area contributed by atoms with Gasteiger partial charge in [0.05, 0.1) is 0 Å². The van der Waals surface area contributed by atoms with Crippen LogP contribution in [-0.2, 0) is 53.9 Å². The third kappa shape index (κ3) is 10.1. The second-order valence-electron chi connectivity index (χ2n) is 20.6. The van der Waals surface area contributed by atoms with Crippen molar-refractivity contribution < 1.29 is 69.1 Å². The van der Waals surface area contributed by atoms with Crippen LogP contribution in [0.3, 0.4) is 0 Å². The number of alkyl halides is 12. The topological polar surface area (TPSA) is 0 Å². The number of fused-ring (bicyclic) bond motifs is 5. The molecule has 1 aliphatic heterocycles. The quantitative estimate of drug-likeness (QED) is 0.0709. The fraction of sp³-hybridized carbons (Fsp3) is 0.333. The van der Waals surface area contributed by atoms with Crippen molar-refractivity contribution >= 4 is 52.3 Å². The summed E-state index contributed by atoms with van der Waals surface area (Å²) in [6, 6.07) is 24.5. The number of allylic oxidation sites excluding steroid dienone is 2. The average Bonchev–Trinajstić information content (AvgIpc) is 4.24. The van der Waals surface area contributed by atoms with Gasteiger partial charge < -0.3 is 0 Å². The van der Waals surface area contributed by atoms with E-state index in [1.54, 1.807) is 12.1 Å². The molecule has 0 saturated carbocycles. The van der Waals surface area contributed by atoms with Crippen LogP contribution >= 0.6 is 17.0 Å². The second-order valence-corrected chi connectivity index (χ2v) is 43.1. The molecule has 0 bridgehead atoms. The van der Waals surface area contributed by atoms with Crippen molar-refractivity contribution in [3.63, 3.8) is 0 Å². The molecule has 2 atom stereocenters. The molecule has 0 fully saturated rings. The molecule has 16 heteroatoms. The Bertz CT molecular complexity index is 3080. The third-order valence-corrected chi connectivity index (χ3v) is 38.4. The Morgan fingerprint density at radius 3 is 1.26 bits per heavy atom. The molecule has 6 aromatic carbocycles. The number of rotatable bonds is 15. The molecular formula is C60H55Cl2F12SiZr. The summed E-state index contributed by atoms with van der Waals surface area (Å²) in [5.74, 6) is 0. The molecule has 0 amide bonds. The zero-order valence-electron chi connectivity index (χ0n) is 42.2. The maximum atomic E-state index is 14.7. The van der Waals surface area contributed by atoms with Gasteiger partial charge >= 0.3 is 449 Å². The van der Waals surface area contributed by atoms with Gasteiger partial charge in [0, 0.05) is 0 Å². The predicted octanol–water partition coefficient (Wildman–Crippen LogP) is 18.4. The normalized spacial score (nSPS) is 17.3. The van der Waals surface area contributed by atoms with Crippen molar-refractivity contribution in [1.82, 2.24) is 0 Å². The summed E-state index contributed by atoms with van der Waals surface area (Å²) >= 11 is -6.59. The number of unbranched alkanes of at least 4 members (excludes halogenated alkanes) is 2. The van der Waals surface area contributed by atoms with Crippen LogP contribution in [0.25, 0.3) is 45.5 Å². The molecule has 2 aliphatic carbocycles. The molecule has 0 aromatic heterocycles. The van der Waals surface area contributed by atoms with E-state index in [-0.39, 0.29) is 34.4 Å². The van der Waals surface area contributed by atoms with Crippen molar-refractivity contribution in [2.75, 3.05) is 0 Å². The van der Waals surface area contributed by atoms with Crippen LogP contribution in [0.1, 0.15) is 142 Å². The van der Waals surface area contributed by atoms with Crippen molar-refractivity contribution in [2.45, 2.75) is 124 Å². The van der Waals surface area contributed by atoms with E-state index in [0.717, 1.165) is 60.2 Å². The Hall–Kier alpha value is -4.36. The zero-order valence-corrected chi connectivity index (χ0v) is 47.6. The summed E-state index contributed by atoms with van der Waals surface area (Å²) < 4.78 is 175. The van der Waals surface area contributed by atoms with E-state index in [4.69, 9.17) is 0 Å². The van der Waals surface area contributed by atoms with Crippen LogP contribution in [0.2, 0.25) is 0 Å². The van der Waals surface area contributed by atoms with E-state index in [1.165, 1.54) is 0 Å². The molecule has 0 radical (unpaired) electrons. The van der Waals surface area contributed by atoms with Gasteiger partial charge in [0.15, 0.2) is 0 Å². The number of hydrogen-bond acceptors (Lipinski definition) is 0. The van der Waals surface area contributed by atoms with Crippen molar-refractivity contribution in [3.8, 4) is 33.4 Å². The molecule has 76 heavy (non-hydrogen) atoms. The predicted molar refractivity (Wildman–Crippen MR) is 283 cm³/mol. The third-order valence-electron chi connectivity index (χ3n) is 15.6. The van der Waals surface area contributed by atoms with Gasteiger partial charge in [0.25, 0.3) is 0 Å². The van der Waals surface area contributed by atoms with Crippen LogP contribution < -0.4 is 13.6 Å². The average molecular weight is 1190 g/mol. The molecule has 9 rings (SSSR count). The van der Waals surface area contributed by atoms with Gasteiger partial charge in [-0.2, -0.15) is 0 Å². The van der Waals surface area contributed by atoms with Crippen LogP contribution in [0.5, 0.6) is 0 Å². The van der Waals surface area contributed by atoms with E-state index in [0.29, 0.717) is 97.6 Å². The summed E-state index contributed by atoms with van der Waals surface area (Å²) in [5.41, 5.74) is 0.564. The first-order chi connectivity index (χ1) is 35.7. The van der Waals surface area contributed by atoms with Crippen LogP contribution in [-0.4, -0.2) is 9.52 Å². The fourth-order valence-corrected chi connectivity index (χ4v) is 40.5. The number of hydrogen-bond donors (Lipinski definition) is 0. The monoisotopic (exact) mass is 1190 g/mol. The van der Waals surface area contributed by atoms with Crippen molar-refractivity contribution in [2.24, 2.45) is 0 Å². The van der Waals surface area contributed by atoms with Gasteiger partial charge in [0.1, 0.15) is 0 Å². The van der Waals surface area contributed by atoms with Gasteiger partial charge in [-0.15, -0.1) is 0 Å². The summed E-state index contributed by atoms with van der Waals surface area (Å²) in [6.45, 7) is 7.73. The molecule has 3 aliphatic rings. The van der Waals surface area contributed by atoms with Gasteiger partial charge in [-0.05, 0) is 0 Å². The Morgan fingerprint density at radius 1 is 0.461 bits per heavy atom. The van der Waals surface area contributed by atoms with Gasteiger partial charge in [-0.3, -0.25) is 0 Å². The summed E-state index contributed by atoms with van der Waals surface area (Å²) in [5, 5.41) is 2.14. The Balaban J connectivity index is 1.42. The minimum atomic E-state index is -6.59. The molecule has 0 N–H and O–H groups in total. The Labute approximate surface area is 445 Å². The summed E-state index contributed by atoms with van der Waals surface area (Å²) in [7, 11) is 17.1. The van der Waals surface area contributed by atoms with E-state index in [2.05, 4.69) is 6.07 Å². The van der Waals surface area contributed by atoms with Crippen LogP contribution in [0, 0.1) is 0 Å². The van der Waals surface area contributed by atoms with Gasteiger partial charge in [0.2, 0.25) is 0 Å². The van der Waals surface area contributed by atoms with E-state index < -0.39 is 80.1 Å². The number of benzene rings is 6. The molecule has 0 nitrogen and oxygen atoms in total. The van der Waals surface area contributed by atoms with Gasteiger partial charge in [-0.1, -0.05) is 0 Å². The first-order valence-corrected chi connectivity index (χ1v) is 37.7. The molecule has 6 aromatic rings. The molecule has 0 saturated heterocycles. The van der Waals surface area contributed by atoms with E-state index >= 15 is 0 Å². The Kier molecular flexibility index (Phi) is 15.4. The van der Waals surface area contributed by atoms with Crippen molar-refractivity contribution in [1.29, 1.82) is 0 Å². The summed E-state index contributed by atoms with van der Waals surface area (Å²) in [4.78, 5) is 0. The van der Waals surface area contributed by atoms with E-state index in [9.17, 15) is 69.7 Å². The molecule has 0 spiro atoms. The molecular weight excluding hydrogens is 1140 g/mol. The van der Waals surface area contributed by atoms with Crippen LogP contribution in [0.15, 0.2) is 114 Å². The minimum absolute atomic E-state index is 0.120. The number of halogens is 14. The second kappa shape index (κ2) is 20.7. The Morgan fingerprint density at radius 2 is 0.868 bits per heavy atom. The van der Waals surface area contributed by atoms with Crippen molar-refractivity contribution in [3.05, 3.63) is 170 Å².